The fourth-order valence-corrected chi connectivity index (χ4v) is 4.41. The number of rotatable bonds is 10. The van der Waals surface area contributed by atoms with E-state index in [1.807, 2.05) is 53.4 Å². The maximum absolute atomic E-state index is 13.6. The number of unbranched alkanes of at least 4 members (excludes halogenated alkanes) is 1. The molecule has 37 heavy (non-hydrogen) atoms. The fraction of sp³-hybridized carbons (Fsp3) is 0.346. The molecular weight excluding hydrogens is 468 g/mol. The molecule has 1 aromatic carbocycles. The van der Waals surface area contributed by atoms with E-state index >= 15 is 0 Å². The van der Waals surface area contributed by atoms with Gasteiger partial charge in [0.2, 0.25) is 5.95 Å². The average Bonchev–Trinajstić information content (AvgIpc) is 3.65. The van der Waals surface area contributed by atoms with E-state index in [-0.39, 0.29) is 5.69 Å². The van der Waals surface area contributed by atoms with E-state index in [9.17, 15) is 4.79 Å². The number of nitrogens with one attached hydrogen (secondary N) is 1. The minimum Gasteiger partial charge on any atom is -0.299 e. The lowest BCUT2D eigenvalue weighted by atomic mass is 10.0. The van der Waals surface area contributed by atoms with E-state index in [2.05, 4.69) is 51.6 Å². The molecule has 0 unspecified atom stereocenters. The minimum atomic E-state index is -0.141. The number of pyridine rings is 1. The smallest absolute Gasteiger partial charge is 0.299 e. The van der Waals surface area contributed by atoms with Crippen LogP contribution in [0.3, 0.4) is 0 Å². The Kier molecular flexibility index (Phi) is 7.02. The summed E-state index contributed by atoms with van der Waals surface area (Å²) >= 11 is 0. The Morgan fingerprint density at radius 2 is 1.89 bits per heavy atom. The zero-order chi connectivity index (χ0) is 25.8. The van der Waals surface area contributed by atoms with Crippen LogP contribution < -0.4 is 5.69 Å². The lowest BCUT2D eigenvalue weighted by Crippen LogP contribution is -2.27. The number of aryl methyl sites for hydroxylation is 1. The van der Waals surface area contributed by atoms with Crippen molar-refractivity contribution in [3.05, 3.63) is 77.0 Å². The molecule has 0 atom stereocenters. The number of aromatic nitrogens is 10. The largest absolute Gasteiger partial charge is 0.335 e. The SMILES string of the molecule is CCCCc1cn(-c2nncn2CC(C)C)c(=O)n1Cc1ccc(-c2ccccc2-c2nnn[nH]2)cn1. The van der Waals surface area contributed by atoms with Crippen LogP contribution in [0, 0.1) is 5.92 Å². The quantitative estimate of drug-likeness (QED) is 0.312. The molecule has 5 aromatic rings. The Balaban J connectivity index is 1.46. The summed E-state index contributed by atoms with van der Waals surface area (Å²) < 4.78 is 5.32. The number of hydrogen-bond donors (Lipinski definition) is 1. The molecule has 4 aromatic heterocycles. The average molecular weight is 499 g/mol. The van der Waals surface area contributed by atoms with Gasteiger partial charge in [0.05, 0.1) is 12.2 Å². The molecule has 0 saturated heterocycles. The Morgan fingerprint density at radius 1 is 1.05 bits per heavy atom. The summed E-state index contributed by atoms with van der Waals surface area (Å²) in [6, 6.07) is 11.9. The number of aromatic amines is 1. The molecule has 11 nitrogen and oxygen atoms in total. The molecule has 0 fully saturated rings. The number of nitrogens with zero attached hydrogens (tertiary/aromatic N) is 9. The Labute approximate surface area is 214 Å². The highest BCUT2D eigenvalue weighted by molar-refractivity contribution is 5.79. The van der Waals surface area contributed by atoms with Crippen molar-refractivity contribution in [2.75, 3.05) is 0 Å². The first-order valence-corrected chi connectivity index (χ1v) is 12.5. The standard InChI is InChI=1S/C26H30N10O/c1-4-5-8-21-16-36(25-31-28-17-34(25)14-18(2)3)26(37)35(21)15-20-12-11-19(13-27-20)22-9-6-7-10-23(22)24-29-32-33-30-24/h6-7,9-13,16-18H,4-5,8,14-15H2,1-3H3,(H,29,30,32,33). The van der Waals surface area contributed by atoms with Crippen LogP contribution in [0.2, 0.25) is 0 Å². The zero-order valence-electron chi connectivity index (χ0n) is 21.2. The van der Waals surface area contributed by atoms with Crippen molar-refractivity contribution in [1.82, 2.24) is 49.5 Å². The molecule has 4 heterocycles. The van der Waals surface area contributed by atoms with E-state index in [0.717, 1.165) is 53.9 Å². The van der Waals surface area contributed by atoms with Gasteiger partial charge in [-0.1, -0.05) is 57.5 Å². The molecule has 0 aliphatic carbocycles. The lowest BCUT2D eigenvalue weighted by Gasteiger charge is -2.10. The minimum absolute atomic E-state index is 0.141. The highest BCUT2D eigenvalue weighted by Gasteiger charge is 2.18. The van der Waals surface area contributed by atoms with Crippen molar-refractivity contribution in [3.8, 4) is 28.5 Å². The topological polar surface area (TPSA) is 125 Å². The molecule has 0 bridgehead atoms. The number of hydrogen-bond acceptors (Lipinski definition) is 7. The Bertz CT molecular complexity index is 1510. The van der Waals surface area contributed by atoms with Crippen LogP contribution in [0.1, 0.15) is 45.0 Å². The predicted molar refractivity (Wildman–Crippen MR) is 139 cm³/mol. The Hall–Kier alpha value is -4.41. The first kappa shape index (κ1) is 24.3. The van der Waals surface area contributed by atoms with Crippen LogP contribution in [0.5, 0.6) is 0 Å². The summed E-state index contributed by atoms with van der Waals surface area (Å²) in [6.45, 7) is 7.50. The number of imidazole rings is 1. The second-order valence-corrected chi connectivity index (χ2v) is 9.47. The molecular formula is C26H30N10O. The number of benzene rings is 1. The summed E-state index contributed by atoms with van der Waals surface area (Å²) in [5.74, 6) is 1.54. The maximum atomic E-state index is 13.6. The molecule has 0 amide bonds. The summed E-state index contributed by atoms with van der Waals surface area (Å²) in [4.78, 5) is 18.3. The third-order valence-electron chi connectivity index (χ3n) is 6.20. The molecule has 5 rings (SSSR count). The first-order valence-electron chi connectivity index (χ1n) is 12.5. The van der Waals surface area contributed by atoms with E-state index in [1.165, 1.54) is 0 Å². The van der Waals surface area contributed by atoms with Crippen molar-refractivity contribution in [3.63, 3.8) is 0 Å². The van der Waals surface area contributed by atoms with E-state index in [0.29, 0.717) is 24.2 Å². The van der Waals surface area contributed by atoms with Crippen LogP contribution >= 0.6 is 0 Å². The Morgan fingerprint density at radius 3 is 2.59 bits per heavy atom. The summed E-state index contributed by atoms with van der Waals surface area (Å²) in [5, 5.41) is 22.6. The molecule has 11 heteroatoms. The molecule has 1 N–H and O–H groups in total. The molecule has 0 radical (unpaired) electrons. The molecule has 0 saturated carbocycles. The normalized spacial score (nSPS) is 11.5. The number of tetrazole rings is 1. The van der Waals surface area contributed by atoms with Gasteiger partial charge >= 0.3 is 5.69 Å². The highest BCUT2D eigenvalue weighted by atomic mass is 16.2. The first-order chi connectivity index (χ1) is 18.0. The van der Waals surface area contributed by atoms with Gasteiger partial charge in [-0.15, -0.1) is 15.3 Å². The summed E-state index contributed by atoms with van der Waals surface area (Å²) in [5.41, 5.74) is 4.41. The molecule has 190 valence electrons. The van der Waals surface area contributed by atoms with E-state index < -0.39 is 0 Å². The van der Waals surface area contributed by atoms with E-state index in [1.54, 1.807) is 15.5 Å². The third-order valence-corrected chi connectivity index (χ3v) is 6.20. The summed E-state index contributed by atoms with van der Waals surface area (Å²) in [7, 11) is 0. The van der Waals surface area contributed by atoms with E-state index in [4.69, 9.17) is 4.98 Å². The second-order valence-electron chi connectivity index (χ2n) is 9.47. The lowest BCUT2D eigenvalue weighted by molar-refractivity contribution is 0.512. The van der Waals surface area contributed by atoms with Gasteiger partial charge in [-0.05, 0) is 40.8 Å². The molecule has 0 aliphatic rings. The van der Waals surface area contributed by atoms with Crippen LogP contribution in [0.4, 0.5) is 0 Å². The number of H-pyrrole nitrogens is 1. The van der Waals surface area contributed by atoms with Crippen molar-refractivity contribution < 1.29 is 0 Å². The van der Waals surface area contributed by atoms with Gasteiger partial charge in [0.15, 0.2) is 5.82 Å². The molecule has 0 aliphatic heterocycles. The van der Waals surface area contributed by atoms with Crippen molar-refractivity contribution in [1.29, 1.82) is 0 Å². The van der Waals surface area contributed by atoms with Gasteiger partial charge in [0, 0.05) is 35.8 Å². The van der Waals surface area contributed by atoms with Gasteiger partial charge in [-0.2, -0.15) is 0 Å². The van der Waals surface area contributed by atoms with Crippen LogP contribution in [-0.4, -0.2) is 49.5 Å². The third kappa shape index (κ3) is 5.11. The van der Waals surface area contributed by atoms with Gasteiger partial charge in [0.1, 0.15) is 6.33 Å². The van der Waals surface area contributed by atoms with Crippen LogP contribution in [-0.2, 0) is 19.5 Å². The maximum Gasteiger partial charge on any atom is 0.335 e. The van der Waals surface area contributed by atoms with Gasteiger partial charge in [-0.3, -0.25) is 14.1 Å². The predicted octanol–water partition coefficient (Wildman–Crippen LogP) is 3.52. The molecule has 0 spiro atoms. The highest BCUT2D eigenvalue weighted by Crippen LogP contribution is 2.29. The monoisotopic (exact) mass is 498 g/mol. The van der Waals surface area contributed by atoms with Crippen molar-refractivity contribution in [2.24, 2.45) is 5.92 Å². The van der Waals surface area contributed by atoms with Gasteiger partial charge < -0.3 is 0 Å². The van der Waals surface area contributed by atoms with Crippen molar-refractivity contribution in [2.45, 2.75) is 53.1 Å². The van der Waals surface area contributed by atoms with Crippen molar-refractivity contribution >= 4 is 0 Å². The van der Waals surface area contributed by atoms with Gasteiger partial charge in [-0.25, -0.2) is 14.5 Å². The van der Waals surface area contributed by atoms with Crippen LogP contribution in [0.25, 0.3) is 28.5 Å². The fourth-order valence-electron chi connectivity index (χ4n) is 4.41. The summed E-state index contributed by atoms with van der Waals surface area (Å²) in [6.07, 6.45) is 8.23. The zero-order valence-corrected chi connectivity index (χ0v) is 21.2. The van der Waals surface area contributed by atoms with Gasteiger partial charge in [0.25, 0.3) is 0 Å². The van der Waals surface area contributed by atoms with Crippen LogP contribution in [0.15, 0.2) is 59.9 Å². The second kappa shape index (κ2) is 10.7.